The van der Waals surface area contributed by atoms with Gasteiger partial charge in [-0.1, -0.05) is 13.0 Å². The van der Waals surface area contributed by atoms with Crippen molar-refractivity contribution in [2.45, 2.75) is 33.2 Å². The molecule has 0 heterocycles. The zero-order valence-electron chi connectivity index (χ0n) is 8.13. The molecule has 0 aliphatic rings. The first-order valence-corrected chi connectivity index (χ1v) is 4.19. The van der Waals surface area contributed by atoms with Gasteiger partial charge in [0.25, 0.3) is 0 Å². The van der Waals surface area contributed by atoms with E-state index in [2.05, 4.69) is 5.32 Å². The third-order valence-electron chi connectivity index (χ3n) is 1.59. The van der Waals surface area contributed by atoms with E-state index in [0.717, 1.165) is 6.42 Å². The van der Waals surface area contributed by atoms with Gasteiger partial charge in [-0.25, -0.2) is 0 Å². The normalized spacial score (nSPS) is 13.6. The van der Waals surface area contributed by atoms with Crippen LogP contribution in [0.2, 0.25) is 0 Å². The van der Waals surface area contributed by atoms with Crippen LogP contribution in [-0.4, -0.2) is 23.0 Å². The molecule has 4 nitrogen and oxygen atoms in total. The molecule has 1 amide bonds. The lowest BCUT2D eigenvalue weighted by Gasteiger charge is -2.08. The number of rotatable bonds is 4. The van der Waals surface area contributed by atoms with Crippen molar-refractivity contribution in [3.8, 4) is 0 Å². The number of carboxylic acids is 1. The second-order valence-corrected chi connectivity index (χ2v) is 2.83. The number of nitrogens with one attached hydrogen (secondary N) is 1. The van der Waals surface area contributed by atoms with Crippen LogP contribution in [0.4, 0.5) is 0 Å². The molecule has 0 aliphatic heterocycles. The molecule has 0 aromatic carbocycles. The SMILES string of the molecule is CC/C=C(/C)C(=O)N[C@@H](C)C(=O)O. The van der Waals surface area contributed by atoms with Crippen molar-refractivity contribution in [3.05, 3.63) is 11.6 Å². The molecule has 2 N–H and O–H groups in total. The predicted octanol–water partition coefficient (Wildman–Crippen LogP) is 0.932. The topological polar surface area (TPSA) is 66.4 Å². The molecule has 1 atom stereocenters. The second-order valence-electron chi connectivity index (χ2n) is 2.83. The number of amides is 1. The van der Waals surface area contributed by atoms with E-state index in [1.807, 2.05) is 6.92 Å². The largest absolute Gasteiger partial charge is 0.480 e. The molecule has 0 unspecified atom stereocenters. The maximum atomic E-state index is 11.2. The Morgan fingerprint density at radius 1 is 1.54 bits per heavy atom. The molecule has 0 fully saturated rings. The summed E-state index contributed by atoms with van der Waals surface area (Å²) in [5.41, 5.74) is 0.551. The fourth-order valence-electron chi connectivity index (χ4n) is 0.771. The molecule has 0 saturated heterocycles. The van der Waals surface area contributed by atoms with E-state index >= 15 is 0 Å². The zero-order chi connectivity index (χ0) is 10.4. The van der Waals surface area contributed by atoms with Gasteiger partial charge in [-0.3, -0.25) is 9.59 Å². The highest BCUT2D eigenvalue weighted by Gasteiger charge is 2.14. The summed E-state index contributed by atoms with van der Waals surface area (Å²) in [6.45, 7) is 5.00. The van der Waals surface area contributed by atoms with Gasteiger partial charge in [0.1, 0.15) is 6.04 Å². The summed E-state index contributed by atoms with van der Waals surface area (Å²) in [5.74, 6) is -1.35. The summed E-state index contributed by atoms with van der Waals surface area (Å²) in [4.78, 5) is 21.6. The van der Waals surface area contributed by atoms with Crippen molar-refractivity contribution in [2.75, 3.05) is 0 Å². The highest BCUT2D eigenvalue weighted by Crippen LogP contribution is 1.95. The molecule has 0 aromatic heterocycles. The zero-order valence-corrected chi connectivity index (χ0v) is 8.13. The van der Waals surface area contributed by atoms with E-state index in [1.165, 1.54) is 6.92 Å². The van der Waals surface area contributed by atoms with E-state index in [0.29, 0.717) is 5.57 Å². The van der Waals surface area contributed by atoms with E-state index in [9.17, 15) is 9.59 Å². The van der Waals surface area contributed by atoms with E-state index < -0.39 is 12.0 Å². The number of carbonyl (C=O) groups excluding carboxylic acids is 1. The van der Waals surface area contributed by atoms with Crippen LogP contribution in [0, 0.1) is 0 Å². The van der Waals surface area contributed by atoms with Crippen molar-refractivity contribution in [2.24, 2.45) is 0 Å². The van der Waals surface area contributed by atoms with Crippen LogP contribution in [0.3, 0.4) is 0 Å². The third kappa shape index (κ3) is 4.30. The molecule has 0 spiro atoms. The lowest BCUT2D eigenvalue weighted by Crippen LogP contribution is -2.38. The van der Waals surface area contributed by atoms with Gasteiger partial charge in [0, 0.05) is 5.57 Å². The van der Waals surface area contributed by atoms with E-state index in [4.69, 9.17) is 5.11 Å². The van der Waals surface area contributed by atoms with Crippen LogP contribution in [0.25, 0.3) is 0 Å². The number of hydrogen-bond acceptors (Lipinski definition) is 2. The summed E-state index contributed by atoms with van der Waals surface area (Å²) >= 11 is 0. The minimum atomic E-state index is -1.03. The van der Waals surface area contributed by atoms with Gasteiger partial charge in [-0.05, 0) is 20.3 Å². The van der Waals surface area contributed by atoms with E-state index in [1.54, 1.807) is 13.0 Å². The average molecular weight is 185 g/mol. The van der Waals surface area contributed by atoms with Crippen molar-refractivity contribution >= 4 is 11.9 Å². The van der Waals surface area contributed by atoms with Crippen LogP contribution in [0.5, 0.6) is 0 Å². The lowest BCUT2D eigenvalue weighted by molar-refractivity contribution is -0.140. The van der Waals surface area contributed by atoms with Crippen molar-refractivity contribution < 1.29 is 14.7 Å². The number of carbonyl (C=O) groups is 2. The first-order valence-electron chi connectivity index (χ1n) is 4.19. The van der Waals surface area contributed by atoms with Crippen LogP contribution in [-0.2, 0) is 9.59 Å². The standard InChI is InChI=1S/C9H15NO3/c1-4-5-6(2)8(11)10-7(3)9(12)13/h5,7H,4H2,1-3H3,(H,10,11)(H,12,13)/b6-5-/t7-/m0/s1. The molecule has 0 saturated carbocycles. The van der Waals surface area contributed by atoms with Crippen LogP contribution < -0.4 is 5.32 Å². The van der Waals surface area contributed by atoms with Gasteiger partial charge < -0.3 is 10.4 Å². The molecule has 4 heteroatoms. The van der Waals surface area contributed by atoms with Gasteiger partial charge >= 0.3 is 5.97 Å². The van der Waals surface area contributed by atoms with Crippen LogP contribution >= 0.6 is 0 Å². The molecule has 0 rings (SSSR count). The summed E-state index contributed by atoms with van der Waals surface area (Å²) in [6.07, 6.45) is 2.52. The van der Waals surface area contributed by atoms with Gasteiger partial charge in [0.05, 0.1) is 0 Å². The Kier molecular flexibility index (Phi) is 4.80. The van der Waals surface area contributed by atoms with Crippen molar-refractivity contribution in [1.29, 1.82) is 0 Å². The minimum absolute atomic E-state index is 0.322. The summed E-state index contributed by atoms with van der Waals surface area (Å²) in [7, 11) is 0. The van der Waals surface area contributed by atoms with E-state index in [-0.39, 0.29) is 5.91 Å². The Morgan fingerprint density at radius 2 is 2.08 bits per heavy atom. The smallest absolute Gasteiger partial charge is 0.325 e. The van der Waals surface area contributed by atoms with Gasteiger partial charge in [-0.2, -0.15) is 0 Å². The Labute approximate surface area is 77.6 Å². The minimum Gasteiger partial charge on any atom is -0.480 e. The third-order valence-corrected chi connectivity index (χ3v) is 1.59. The average Bonchev–Trinajstić information content (AvgIpc) is 2.04. The number of aliphatic carboxylic acids is 1. The Bertz CT molecular complexity index is 233. The van der Waals surface area contributed by atoms with Gasteiger partial charge in [0.15, 0.2) is 0 Å². The van der Waals surface area contributed by atoms with Crippen molar-refractivity contribution in [1.82, 2.24) is 5.32 Å². The first-order chi connectivity index (χ1) is 5.99. The van der Waals surface area contributed by atoms with Crippen molar-refractivity contribution in [3.63, 3.8) is 0 Å². The van der Waals surface area contributed by atoms with Crippen LogP contribution in [0.15, 0.2) is 11.6 Å². The molecular formula is C9H15NO3. The monoisotopic (exact) mass is 185 g/mol. The fraction of sp³-hybridized carbons (Fsp3) is 0.556. The Balaban J connectivity index is 4.15. The summed E-state index contributed by atoms with van der Waals surface area (Å²) in [5, 5.41) is 10.9. The van der Waals surface area contributed by atoms with Gasteiger partial charge in [-0.15, -0.1) is 0 Å². The predicted molar refractivity (Wildman–Crippen MR) is 49.3 cm³/mol. The number of allylic oxidation sites excluding steroid dienone is 1. The maximum absolute atomic E-state index is 11.2. The molecule has 0 radical (unpaired) electrons. The summed E-state index contributed by atoms with van der Waals surface area (Å²) < 4.78 is 0. The second kappa shape index (κ2) is 5.35. The number of carboxylic acid groups (broad SMARTS) is 1. The maximum Gasteiger partial charge on any atom is 0.325 e. The molecule has 13 heavy (non-hydrogen) atoms. The quantitative estimate of drug-likeness (QED) is 0.640. The Hall–Kier alpha value is -1.32. The molecule has 74 valence electrons. The Morgan fingerprint density at radius 3 is 2.46 bits per heavy atom. The molecule has 0 bridgehead atoms. The molecule has 0 aliphatic carbocycles. The highest BCUT2D eigenvalue weighted by atomic mass is 16.4. The highest BCUT2D eigenvalue weighted by molar-refractivity contribution is 5.95. The van der Waals surface area contributed by atoms with Gasteiger partial charge in [0.2, 0.25) is 5.91 Å². The summed E-state index contributed by atoms with van der Waals surface area (Å²) in [6, 6.07) is -0.840. The fourth-order valence-corrected chi connectivity index (χ4v) is 0.771. The lowest BCUT2D eigenvalue weighted by atomic mass is 10.2. The van der Waals surface area contributed by atoms with Crippen LogP contribution in [0.1, 0.15) is 27.2 Å². The number of hydrogen-bond donors (Lipinski definition) is 2. The molecule has 0 aromatic rings. The first kappa shape index (κ1) is 11.7. The molecular weight excluding hydrogens is 170 g/mol.